The van der Waals surface area contributed by atoms with Crippen molar-refractivity contribution in [3.63, 3.8) is 0 Å². The monoisotopic (exact) mass is 179 g/mol. The number of tetrazole rings is 1. The number of hydrogen-bond donors (Lipinski definition) is 0. The molecule has 2 aliphatic heterocycles. The van der Waals surface area contributed by atoms with Gasteiger partial charge in [-0.15, -0.1) is 10.2 Å². The van der Waals surface area contributed by atoms with Gasteiger partial charge < -0.3 is 4.90 Å². The molecule has 0 amide bonds. The van der Waals surface area contributed by atoms with E-state index in [0.29, 0.717) is 6.04 Å². The molecule has 1 aromatic rings. The van der Waals surface area contributed by atoms with Crippen LogP contribution < -0.4 is 0 Å². The van der Waals surface area contributed by atoms with E-state index >= 15 is 0 Å². The maximum Gasteiger partial charge on any atom is 0.162 e. The van der Waals surface area contributed by atoms with E-state index < -0.39 is 0 Å². The third kappa shape index (κ3) is 1.23. The molecule has 0 spiro atoms. The molecule has 2 bridgehead atoms. The van der Waals surface area contributed by atoms with E-state index in [-0.39, 0.29) is 0 Å². The van der Waals surface area contributed by atoms with Gasteiger partial charge in [0, 0.05) is 13.1 Å². The van der Waals surface area contributed by atoms with Gasteiger partial charge in [-0.25, -0.2) is 0 Å². The predicted octanol–water partition coefficient (Wildman–Crippen LogP) is -0.0602. The van der Waals surface area contributed by atoms with Crippen LogP contribution in [0.4, 0.5) is 0 Å². The molecular weight excluding hydrogens is 166 g/mol. The highest BCUT2D eigenvalue weighted by atomic mass is 15.6. The molecule has 3 rings (SSSR count). The van der Waals surface area contributed by atoms with Gasteiger partial charge in [-0.3, -0.25) is 0 Å². The van der Waals surface area contributed by atoms with E-state index in [1.165, 1.54) is 32.3 Å². The van der Waals surface area contributed by atoms with Gasteiger partial charge in [0.15, 0.2) is 6.33 Å². The van der Waals surface area contributed by atoms with E-state index in [2.05, 4.69) is 20.3 Å². The molecule has 3 unspecified atom stereocenters. The summed E-state index contributed by atoms with van der Waals surface area (Å²) >= 11 is 0. The lowest BCUT2D eigenvalue weighted by Crippen LogP contribution is -2.35. The van der Waals surface area contributed by atoms with E-state index in [0.717, 1.165) is 12.5 Å². The summed E-state index contributed by atoms with van der Waals surface area (Å²) in [6.07, 6.45) is 4.10. The molecule has 2 fully saturated rings. The minimum absolute atomic E-state index is 0.462. The molecule has 13 heavy (non-hydrogen) atoms. The van der Waals surface area contributed by atoms with Crippen LogP contribution in [0, 0.1) is 5.92 Å². The number of piperidine rings is 1. The molecule has 0 N–H and O–H groups in total. The lowest BCUT2D eigenvalue weighted by atomic mass is 9.97. The quantitative estimate of drug-likeness (QED) is 0.606. The minimum atomic E-state index is 0.462. The van der Waals surface area contributed by atoms with Crippen LogP contribution in [0.15, 0.2) is 6.33 Å². The van der Waals surface area contributed by atoms with Crippen molar-refractivity contribution in [1.29, 1.82) is 0 Å². The molecule has 0 aromatic carbocycles. The van der Waals surface area contributed by atoms with Crippen LogP contribution in [0.25, 0.3) is 0 Å². The largest absolute Gasteiger partial charge is 0.301 e. The molecular formula is C8H13N5. The molecule has 3 heterocycles. The summed E-state index contributed by atoms with van der Waals surface area (Å²) in [5.74, 6) is 0.866. The van der Waals surface area contributed by atoms with Crippen LogP contribution in [-0.2, 0) is 0 Å². The number of fused-ring (bicyclic) bond motifs is 2. The summed E-state index contributed by atoms with van der Waals surface area (Å²) in [7, 11) is 0. The first kappa shape index (κ1) is 7.44. The average Bonchev–Trinajstić information content (AvgIpc) is 2.75. The molecule has 2 saturated heterocycles. The normalized spacial score (nSPS) is 38.0. The molecule has 3 atom stereocenters. The third-order valence-electron chi connectivity index (χ3n) is 3.14. The molecule has 0 aliphatic carbocycles. The van der Waals surface area contributed by atoms with Gasteiger partial charge in [0.2, 0.25) is 0 Å². The van der Waals surface area contributed by atoms with Gasteiger partial charge in [0.05, 0.1) is 6.04 Å². The standard InChI is InChI=1S/C8H13N5/c1-2-12-4-7(1)3-8(5-12)13-10-6-9-11-13/h6-8H,1-5H2. The molecule has 2 aliphatic rings. The summed E-state index contributed by atoms with van der Waals surface area (Å²) in [5, 5.41) is 11.8. The summed E-state index contributed by atoms with van der Waals surface area (Å²) in [5.41, 5.74) is 0. The van der Waals surface area contributed by atoms with E-state index in [1.807, 2.05) is 0 Å². The van der Waals surface area contributed by atoms with Crippen molar-refractivity contribution in [2.75, 3.05) is 19.6 Å². The Bertz CT molecular complexity index is 271. The maximum absolute atomic E-state index is 4.10. The third-order valence-corrected chi connectivity index (χ3v) is 3.14. The summed E-state index contributed by atoms with van der Waals surface area (Å²) in [6, 6.07) is 0.462. The van der Waals surface area contributed by atoms with E-state index in [4.69, 9.17) is 0 Å². The zero-order chi connectivity index (χ0) is 8.67. The Labute approximate surface area is 76.7 Å². The fraction of sp³-hybridized carbons (Fsp3) is 0.875. The second-order valence-electron chi connectivity index (χ2n) is 4.06. The zero-order valence-electron chi connectivity index (χ0n) is 7.50. The zero-order valence-corrected chi connectivity index (χ0v) is 7.50. The highest BCUT2D eigenvalue weighted by Crippen LogP contribution is 2.31. The Morgan fingerprint density at radius 1 is 1.31 bits per heavy atom. The van der Waals surface area contributed by atoms with Crippen LogP contribution in [0.5, 0.6) is 0 Å². The highest BCUT2D eigenvalue weighted by molar-refractivity contribution is 4.86. The first-order valence-electron chi connectivity index (χ1n) is 4.86. The molecule has 1 aromatic heterocycles. The van der Waals surface area contributed by atoms with Crippen molar-refractivity contribution in [2.24, 2.45) is 5.92 Å². The molecule has 0 radical (unpaired) electrons. The first-order valence-corrected chi connectivity index (χ1v) is 4.86. The van der Waals surface area contributed by atoms with Crippen LogP contribution in [0.3, 0.4) is 0 Å². The Hall–Kier alpha value is -0.970. The second-order valence-corrected chi connectivity index (χ2v) is 4.06. The van der Waals surface area contributed by atoms with Crippen LogP contribution >= 0.6 is 0 Å². The number of rotatable bonds is 1. The number of hydrogen-bond acceptors (Lipinski definition) is 4. The van der Waals surface area contributed by atoms with Crippen molar-refractivity contribution >= 4 is 0 Å². The molecule has 5 heteroatoms. The molecule has 70 valence electrons. The summed E-state index contributed by atoms with van der Waals surface area (Å²) in [6.45, 7) is 3.65. The van der Waals surface area contributed by atoms with Gasteiger partial charge >= 0.3 is 0 Å². The second kappa shape index (κ2) is 2.77. The van der Waals surface area contributed by atoms with Crippen molar-refractivity contribution in [2.45, 2.75) is 18.9 Å². The SMILES string of the molecule is c1nnn(C2CC3CCN(C3)C2)n1. The highest BCUT2D eigenvalue weighted by Gasteiger charge is 2.33. The minimum Gasteiger partial charge on any atom is -0.301 e. The Morgan fingerprint density at radius 3 is 3.08 bits per heavy atom. The van der Waals surface area contributed by atoms with Crippen molar-refractivity contribution < 1.29 is 0 Å². The Morgan fingerprint density at radius 2 is 2.31 bits per heavy atom. The van der Waals surface area contributed by atoms with Gasteiger partial charge in [0.1, 0.15) is 0 Å². The van der Waals surface area contributed by atoms with Gasteiger partial charge in [-0.2, -0.15) is 4.80 Å². The maximum atomic E-state index is 4.10. The lowest BCUT2D eigenvalue weighted by Gasteiger charge is -2.28. The lowest BCUT2D eigenvalue weighted by molar-refractivity contribution is 0.181. The predicted molar refractivity (Wildman–Crippen MR) is 46.0 cm³/mol. The Balaban J connectivity index is 1.80. The smallest absolute Gasteiger partial charge is 0.162 e. The van der Waals surface area contributed by atoms with Gasteiger partial charge in [-0.05, 0) is 30.5 Å². The topological polar surface area (TPSA) is 46.8 Å². The van der Waals surface area contributed by atoms with Gasteiger partial charge in [0.25, 0.3) is 0 Å². The van der Waals surface area contributed by atoms with Crippen molar-refractivity contribution in [1.82, 2.24) is 25.1 Å². The Kier molecular flexibility index (Phi) is 1.58. The fourth-order valence-corrected chi connectivity index (χ4v) is 2.54. The van der Waals surface area contributed by atoms with Gasteiger partial charge in [-0.1, -0.05) is 0 Å². The van der Waals surface area contributed by atoms with Crippen LogP contribution in [-0.4, -0.2) is 44.7 Å². The summed E-state index contributed by atoms with van der Waals surface area (Å²) < 4.78 is 0. The van der Waals surface area contributed by atoms with Crippen LogP contribution in [0.1, 0.15) is 18.9 Å². The fourth-order valence-electron chi connectivity index (χ4n) is 2.54. The van der Waals surface area contributed by atoms with E-state index in [9.17, 15) is 0 Å². The molecule has 5 nitrogen and oxygen atoms in total. The van der Waals surface area contributed by atoms with Crippen molar-refractivity contribution in [3.8, 4) is 0 Å². The molecule has 0 saturated carbocycles. The van der Waals surface area contributed by atoms with E-state index in [1.54, 1.807) is 4.80 Å². The van der Waals surface area contributed by atoms with Crippen molar-refractivity contribution in [3.05, 3.63) is 6.33 Å². The first-order chi connectivity index (χ1) is 6.42. The number of aromatic nitrogens is 4. The number of nitrogens with zero attached hydrogens (tertiary/aromatic N) is 5. The van der Waals surface area contributed by atoms with Crippen LogP contribution in [0.2, 0.25) is 0 Å². The summed E-state index contributed by atoms with van der Waals surface area (Å²) in [4.78, 5) is 4.27. The average molecular weight is 179 g/mol.